The molecule has 0 radical (unpaired) electrons. The van der Waals surface area contributed by atoms with Crippen LogP contribution < -0.4 is 0 Å². The van der Waals surface area contributed by atoms with E-state index in [1.54, 1.807) is 7.11 Å². The highest BCUT2D eigenvalue weighted by atomic mass is 32.1. The summed E-state index contributed by atoms with van der Waals surface area (Å²) in [6.45, 7) is 4.47. The zero-order valence-corrected chi connectivity index (χ0v) is 15.2. The van der Waals surface area contributed by atoms with Crippen molar-refractivity contribution in [2.75, 3.05) is 20.3 Å². The fourth-order valence-electron chi connectivity index (χ4n) is 3.60. The molecule has 130 valence electrons. The third-order valence-corrected chi connectivity index (χ3v) is 5.06. The summed E-state index contributed by atoms with van der Waals surface area (Å²) in [6, 6.07) is 8.61. The standard InChI is InChI=1S/C19H22N4OS/c1-24-9-8-23-13-15(16-4-2-3-5-18(16)23)12-22-7-6-17-14(11-22)10-20-19(25)21-17/h2-5,10,13H,6-9,11-12H2,1H3,(H,20,21,25). The SMILES string of the molecule is COCCn1cc(CN2CCc3[nH]c(=S)ncc3C2)c2ccccc21. The molecule has 3 aromatic rings. The molecular formula is C19H22N4OS. The number of benzene rings is 1. The summed E-state index contributed by atoms with van der Waals surface area (Å²) in [4.78, 5) is 9.94. The van der Waals surface area contributed by atoms with E-state index in [1.807, 2.05) is 6.20 Å². The van der Waals surface area contributed by atoms with Crippen molar-refractivity contribution in [3.63, 3.8) is 0 Å². The first-order valence-corrected chi connectivity index (χ1v) is 9.00. The largest absolute Gasteiger partial charge is 0.383 e. The van der Waals surface area contributed by atoms with E-state index in [0.29, 0.717) is 4.77 Å². The molecule has 0 atom stereocenters. The lowest BCUT2D eigenvalue weighted by Crippen LogP contribution is -2.30. The number of fused-ring (bicyclic) bond motifs is 2. The van der Waals surface area contributed by atoms with E-state index in [4.69, 9.17) is 17.0 Å². The molecular weight excluding hydrogens is 332 g/mol. The number of hydrogen-bond acceptors (Lipinski definition) is 4. The van der Waals surface area contributed by atoms with Crippen molar-refractivity contribution in [2.24, 2.45) is 0 Å². The molecule has 5 nitrogen and oxygen atoms in total. The van der Waals surface area contributed by atoms with Crippen LogP contribution in [0.1, 0.15) is 16.8 Å². The first-order valence-electron chi connectivity index (χ1n) is 8.59. The zero-order chi connectivity index (χ0) is 17.2. The van der Waals surface area contributed by atoms with Crippen molar-refractivity contribution in [1.29, 1.82) is 0 Å². The van der Waals surface area contributed by atoms with Crippen LogP contribution in [0.5, 0.6) is 0 Å². The lowest BCUT2D eigenvalue weighted by atomic mass is 10.1. The van der Waals surface area contributed by atoms with Crippen LogP contribution in [-0.2, 0) is 30.8 Å². The highest BCUT2D eigenvalue weighted by Crippen LogP contribution is 2.25. The fraction of sp³-hybridized carbons (Fsp3) is 0.368. The van der Waals surface area contributed by atoms with Crippen LogP contribution in [-0.4, -0.2) is 39.7 Å². The summed E-state index contributed by atoms with van der Waals surface area (Å²) in [6.07, 6.45) is 5.18. The van der Waals surface area contributed by atoms with Gasteiger partial charge in [-0.1, -0.05) is 18.2 Å². The number of nitrogens with one attached hydrogen (secondary N) is 1. The maximum absolute atomic E-state index is 5.25. The third-order valence-electron chi connectivity index (χ3n) is 4.86. The van der Waals surface area contributed by atoms with Crippen LogP contribution >= 0.6 is 12.2 Å². The summed E-state index contributed by atoms with van der Waals surface area (Å²) in [5.74, 6) is 0. The number of aromatic amines is 1. The van der Waals surface area contributed by atoms with E-state index in [1.165, 1.54) is 27.7 Å². The molecule has 6 heteroatoms. The van der Waals surface area contributed by atoms with Gasteiger partial charge in [0.15, 0.2) is 4.77 Å². The Balaban J connectivity index is 1.59. The molecule has 0 spiro atoms. The van der Waals surface area contributed by atoms with E-state index >= 15 is 0 Å². The van der Waals surface area contributed by atoms with Gasteiger partial charge in [0.2, 0.25) is 0 Å². The van der Waals surface area contributed by atoms with Gasteiger partial charge in [-0.3, -0.25) is 4.90 Å². The molecule has 0 saturated heterocycles. The Kier molecular flexibility index (Phi) is 4.65. The molecule has 1 aromatic carbocycles. The van der Waals surface area contributed by atoms with Crippen LogP contribution in [0.3, 0.4) is 0 Å². The van der Waals surface area contributed by atoms with E-state index in [0.717, 1.165) is 39.2 Å². The maximum atomic E-state index is 5.25. The number of H-pyrrole nitrogens is 1. The molecule has 0 aliphatic carbocycles. The second kappa shape index (κ2) is 7.07. The molecule has 25 heavy (non-hydrogen) atoms. The number of aromatic nitrogens is 3. The lowest BCUT2D eigenvalue weighted by molar-refractivity contribution is 0.188. The number of ether oxygens (including phenoxy) is 1. The fourth-order valence-corrected chi connectivity index (χ4v) is 3.78. The Morgan fingerprint density at radius 1 is 1.32 bits per heavy atom. The quantitative estimate of drug-likeness (QED) is 0.714. The van der Waals surface area contributed by atoms with Crippen LogP contribution in [0.4, 0.5) is 0 Å². The van der Waals surface area contributed by atoms with Gasteiger partial charge in [-0.05, 0) is 23.8 Å². The molecule has 0 saturated carbocycles. The third kappa shape index (κ3) is 3.38. The van der Waals surface area contributed by atoms with Gasteiger partial charge in [0.25, 0.3) is 0 Å². The average molecular weight is 354 g/mol. The normalized spacial score (nSPS) is 14.8. The maximum Gasteiger partial charge on any atom is 0.196 e. The second-order valence-electron chi connectivity index (χ2n) is 6.51. The Morgan fingerprint density at radius 2 is 2.20 bits per heavy atom. The predicted molar refractivity (Wildman–Crippen MR) is 101 cm³/mol. The summed E-state index contributed by atoms with van der Waals surface area (Å²) in [7, 11) is 1.75. The minimum atomic E-state index is 0.577. The van der Waals surface area contributed by atoms with Crippen molar-refractivity contribution < 1.29 is 4.74 Å². The molecule has 2 aromatic heterocycles. The number of nitrogens with zero attached hydrogens (tertiary/aromatic N) is 3. The molecule has 0 amide bonds. The van der Waals surface area contributed by atoms with Gasteiger partial charge in [-0.25, -0.2) is 4.98 Å². The Bertz CT molecular complexity index is 946. The molecule has 3 heterocycles. The minimum absolute atomic E-state index is 0.577. The molecule has 4 rings (SSSR count). The van der Waals surface area contributed by atoms with Gasteiger partial charge in [0.05, 0.1) is 6.61 Å². The molecule has 0 unspecified atom stereocenters. The van der Waals surface area contributed by atoms with Gasteiger partial charge in [-0.2, -0.15) is 0 Å². The van der Waals surface area contributed by atoms with Crippen LogP contribution in [0, 0.1) is 4.77 Å². The highest BCUT2D eigenvalue weighted by molar-refractivity contribution is 7.71. The minimum Gasteiger partial charge on any atom is -0.383 e. The highest BCUT2D eigenvalue weighted by Gasteiger charge is 2.19. The summed E-state index contributed by atoms with van der Waals surface area (Å²) < 4.78 is 8.13. The average Bonchev–Trinajstić information content (AvgIpc) is 2.98. The molecule has 0 bridgehead atoms. The van der Waals surface area contributed by atoms with Gasteiger partial charge >= 0.3 is 0 Å². The number of para-hydroxylation sites is 1. The summed E-state index contributed by atoms with van der Waals surface area (Å²) >= 11 is 5.13. The van der Waals surface area contributed by atoms with Crippen molar-refractivity contribution in [1.82, 2.24) is 19.4 Å². The Morgan fingerprint density at radius 3 is 3.08 bits per heavy atom. The van der Waals surface area contributed by atoms with Crippen molar-refractivity contribution >= 4 is 23.1 Å². The molecule has 1 N–H and O–H groups in total. The van der Waals surface area contributed by atoms with Crippen LogP contribution in [0.15, 0.2) is 36.7 Å². The van der Waals surface area contributed by atoms with E-state index in [2.05, 4.69) is 49.9 Å². The Hall–Kier alpha value is -2.02. The smallest absolute Gasteiger partial charge is 0.196 e. The lowest BCUT2D eigenvalue weighted by Gasteiger charge is -2.27. The van der Waals surface area contributed by atoms with Gasteiger partial charge in [0.1, 0.15) is 0 Å². The van der Waals surface area contributed by atoms with E-state index in [9.17, 15) is 0 Å². The molecule has 1 aliphatic heterocycles. The topological polar surface area (TPSA) is 46.1 Å². The molecule has 0 fully saturated rings. The van der Waals surface area contributed by atoms with Gasteiger partial charge in [-0.15, -0.1) is 0 Å². The first-order chi connectivity index (χ1) is 12.2. The summed E-state index contributed by atoms with van der Waals surface area (Å²) in [5, 5.41) is 1.33. The van der Waals surface area contributed by atoms with Crippen molar-refractivity contribution in [3.8, 4) is 0 Å². The molecule has 1 aliphatic rings. The number of hydrogen-bond donors (Lipinski definition) is 1. The summed E-state index contributed by atoms with van der Waals surface area (Å²) in [5.41, 5.74) is 5.13. The van der Waals surface area contributed by atoms with Crippen molar-refractivity contribution in [2.45, 2.75) is 26.1 Å². The van der Waals surface area contributed by atoms with Crippen LogP contribution in [0.2, 0.25) is 0 Å². The van der Waals surface area contributed by atoms with Crippen LogP contribution in [0.25, 0.3) is 10.9 Å². The van der Waals surface area contributed by atoms with Crippen molar-refractivity contribution in [3.05, 3.63) is 58.3 Å². The van der Waals surface area contributed by atoms with Gasteiger partial charge < -0.3 is 14.3 Å². The van der Waals surface area contributed by atoms with E-state index < -0.39 is 0 Å². The monoisotopic (exact) mass is 354 g/mol. The first kappa shape index (κ1) is 16.4. The number of rotatable bonds is 5. The zero-order valence-electron chi connectivity index (χ0n) is 14.4. The van der Waals surface area contributed by atoms with Gasteiger partial charge in [0, 0.05) is 74.3 Å². The number of methoxy groups -OCH3 is 1. The second-order valence-corrected chi connectivity index (χ2v) is 6.90. The predicted octanol–water partition coefficient (Wildman–Crippen LogP) is 3.30. The van der Waals surface area contributed by atoms with E-state index in [-0.39, 0.29) is 0 Å². The Labute approximate surface area is 152 Å².